The van der Waals surface area contributed by atoms with Crippen molar-refractivity contribution >= 4 is 33.5 Å². The van der Waals surface area contributed by atoms with Gasteiger partial charge in [-0.25, -0.2) is 0 Å². The molecule has 0 spiro atoms. The van der Waals surface area contributed by atoms with E-state index >= 15 is 0 Å². The number of benzene rings is 2. The molecule has 0 fully saturated rings. The number of halogens is 1. The highest BCUT2D eigenvalue weighted by Crippen LogP contribution is 2.34. The summed E-state index contributed by atoms with van der Waals surface area (Å²) in [6.07, 6.45) is 0. The molecule has 3 nitrogen and oxygen atoms in total. The van der Waals surface area contributed by atoms with Crippen LogP contribution in [-0.4, -0.2) is 12.9 Å². The van der Waals surface area contributed by atoms with Gasteiger partial charge in [-0.05, 0) is 46.3 Å². The van der Waals surface area contributed by atoms with E-state index in [1.807, 2.05) is 42.5 Å². The number of nitrogens with one attached hydrogen (secondary N) is 1. The Kier molecular flexibility index (Phi) is 4.50. The molecule has 0 aliphatic rings. The first-order valence-corrected chi connectivity index (χ1v) is 7.17. The van der Waals surface area contributed by atoms with E-state index in [2.05, 4.69) is 15.9 Å². The molecular formula is C14H13BrN2OS. The highest BCUT2D eigenvalue weighted by Gasteiger charge is 2.11. The van der Waals surface area contributed by atoms with Crippen molar-refractivity contribution in [1.29, 1.82) is 5.41 Å². The Bertz CT molecular complexity index is 616. The Hall–Kier alpha value is -1.46. The lowest BCUT2D eigenvalue weighted by molar-refractivity contribution is 0.413. The first-order chi connectivity index (χ1) is 9.11. The third-order valence-electron chi connectivity index (χ3n) is 2.51. The van der Waals surface area contributed by atoms with Gasteiger partial charge in [0, 0.05) is 19.8 Å². The third kappa shape index (κ3) is 3.30. The number of hydrogen-bond donors (Lipinski definition) is 2. The number of hydrogen-bond acceptors (Lipinski definition) is 3. The lowest BCUT2D eigenvalue weighted by Gasteiger charge is -2.10. The molecule has 98 valence electrons. The van der Waals surface area contributed by atoms with Crippen molar-refractivity contribution in [2.75, 3.05) is 7.11 Å². The van der Waals surface area contributed by atoms with E-state index in [-0.39, 0.29) is 5.84 Å². The molecule has 0 saturated heterocycles. The SMILES string of the molecule is COc1cccc(Sc2cccc(Br)c2C(=N)N)c1. The van der Waals surface area contributed by atoms with Crippen molar-refractivity contribution in [1.82, 2.24) is 0 Å². The van der Waals surface area contributed by atoms with Crippen LogP contribution < -0.4 is 10.5 Å². The minimum Gasteiger partial charge on any atom is -0.497 e. The van der Waals surface area contributed by atoms with E-state index < -0.39 is 0 Å². The molecule has 0 radical (unpaired) electrons. The van der Waals surface area contributed by atoms with Gasteiger partial charge in [0.05, 0.1) is 7.11 Å². The molecule has 2 aromatic carbocycles. The van der Waals surface area contributed by atoms with Crippen molar-refractivity contribution in [3.63, 3.8) is 0 Å². The van der Waals surface area contributed by atoms with Crippen LogP contribution in [0.4, 0.5) is 0 Å². The lowest BCUT2D eigenvalue weighted by Crippen LogP contribution is -2.13. The average Bonchev–Trinajstić information content (AvgIpc) is 2.38. The molecule has 0 unspecified atom stereocenters. The van der Waals surface area contributed by atoms with Crippen LogP contribution in [0.15, 0.2) is 56.7 Å². The molecule has 0 heterocycles. The van der Waals surface area contributed by atoms with Crippen LogP contribution in [0.5, 0.6) is 5.75 Å². The fourth-order valence-electron chi connectivity index (χ4n) is 1.64. The fraction of sp³-hybridized carbons (Fsp3) is 0.0714. The van der Waals surface area contributed by atoms with E-state index in [0.717, 1.165) is 25.6 Å². The Balaban J connectivity index is 2.38. The van der Waals surface area contributed by atoms with E-state index in [1.54, 1.807) is 18.9 Å². The molecule has 5 heteroatoms. The van der Waals surface area contributed by atoms with Crippen LogP contribution in [-0.2, 0) is 0 Å². The van der Waals surface area contributed by atoms with Crippen LogP contribution in [0.2, 0.25) is 0 Å². The summed E-state index contributed by atoms with van der Waals surface area (Å²) in [5.74, 6) is 0.863. The van der Waals surface area contributed by atoms with Crippen LogP contribution in [0.25, 0.3) is 0 Å². The zero-order valence-corrected chi connectivity index (χ0v) is 12.7. The summed E-state index contributed by atoms with van der Waals surface area (Å²) >= 11 is 4.99. The van der Waals surface area contributed by atoms with E-state index in [1.165, 1.54) is 0 Å². The predicted molar refractivity (Wildman–Crippen MR) is 82.3 cm³/mol. The number of nitrogen functional groups attached to an aromatic ring is 1. The van der Waals surface area contributed by atoms with Gasteiger partial charge in [0.2, 0.25) is 0 Å². The monoisotopic (exact) mass is 336 g/mol. The maximum atomic E-state index is 7.67. The van der Waals surface area contributed by atoms with E-state index in [0.29, 0.717) is 0 Å². The molecule has 0 bridgehead atoms. The van der Waals surface area contributed by atoms with Gasteiger partial charge in [-0.15, -0.1) is 0 Å². The van der Waals surface area contributed by atoms with Crippen molar-refractivity contribution in [3.8, 4) is 5.75 Å². The Morgan fingerprint density at radius 3 is 2.68 bits per heavy atom. The van der Waals surface area contributed by atoms with Gasteiger partial charge in [-0.2, -0.15) is 0 Å². The second kappa shape index (κ2) is 6.12. The zero-order valence-electron chi connectivity index (χ0n) is 10.3. The molecule has 3 N–H and O–H groups in total. The van der Waals surface area contributed by atoms with Crippen LogP contribution in [0.3, 0.4) is 0 Å². The Labute approximate surface area is 124 Å². The van der Waals surface area contributed by atoms with Gasteiger partial charge in [-0.1, -0.05) is 23.9 Å². The van der Waals surface area contributed by atoms with Gasteiger partial charge >= 0.3 is 0 Å². The summed E-state index contributed by atoms with van der Waals surface area (Å²) in [7, 11) is 1.64. The van der Waals surface area contributed by atoms with Crippen LogP contribution >= 0.6 is 27.7 Å². The van der Waals surface area contributed by atoms with E-state index in [9.17, 15) is 0 Å². The maximum Gasteiger partial charge on any atom is 0.125 e. The van der Waals surface area contributed by atoms with Crippen LogP contribution in [0.1, 0.15) is 5.56 Å². The Morgan fingerprint density at radius 2 is 2.00 bits per heavy atom. The summed E-state index contributed by atoms with van der Waals surface area (Å²) in [6, 6.07) is 13.5. The average molecular weight is 337 g/mol. The molecule has 0 amide bonds. The molecule has 19 heavy (non-hydrogen) atoms. The van der Waals surface area contributed by atoms with Gasteiger partial charge in [0.25, 0.3) is 0 Å². The van der Waals surface area contributed by atoms with Gasteiger partial charge in [0.1, 0.15) is 11.6 Å². The molecule has 0 aliphatic heterocycles. The number of rotatable bonds is 4. The number of nitrogens with two attached hydrogens (primary N) is 1. The second-order valence-electron chi connectivity index (χ2n) is 3.81. The van der Waals surface area contributed by atoms with Crippen molar-refractivity contribution < 1.29 is 4.74 Å². The quantitative estimate of drug-likeness (QED) is 0.657. The number of ether oxygens (including phenoxy) is 1. The predicted octanol–water partition coefficient (Wildman–Crippen LogP) is 3.89. The van der Waals surface area contributed by atoms with Crippen molar-refractivity contribution in [2.24, 2.45) is 5.73 Å². The summed E-state index contributed by atoms with van der Waals surface area (Å²) < 4.78 is 6.03. The summed E-state index contributed by atoms with van der Waals surface area (Å²) in [5.41, 5.74) is 6.36. The minimum atomic E-state index is 0.0536. The topological polar surface area (TPSA) is 59.1 Å². The van der Waals surface area contributed by atoms with E-state index in [4.69, 9.17) is 15.9 Å². The molecule has 0 atom stereocenters. The second-order valence-corrected chi connectivity index (χ2v) is 5.78. The molecule has 0 aromatic heterocycles. The maximum absolute atomic E-state index is 7.67. The van der Waals surface area contributed by atoms with Crippen molar-refractivity contribution in [3.05, 3.63) is 52.5 Å². The third-order valence-corrected chi connectivity index (χ3v) is 4.22. The molecule has 0 aliphatic carbocycles. The van der Waals surface area contributed by atoms with Gasteiger partial charge in [-0.3, -0.25) is 5.41 Å². The van der Waals surface area contributed by atoms with Crippen molar-refractivity contribution in [2.45, 2.75) is 9.79 Å². The normalized spacial score (nSPS) is 10.2. The first-order valence-electron chi connectivity index (χ1n) is 5.56. The molecule has 0 saturated carbocycles. The summed E-state index contributed by atoms with van der Waals surface area (Å²) in [5, 5.41) is 7.67. The fourth-order valence-corrected chi connectivity index (χ4v) is 3.40. The summed E-state index contributed by atoms with van der Waals surface area (Å²) in [4.78, 5) is 1.98. The van der Waals surface area contributed by atoms with Gasteiger partial charge < -0.3 is 10.5 Å². The summed E-state index contributed by atoms with van der Waals surface area (Å²) in [6.45, 7) is 0. The highest BCUT2D eigenvalue weighted by atomic mass is 79.9. The highest BCUT2D eigenvalue weighted by molar-refractivity contribution is 9.10. The number of methoxy groups -OCH3 is 1. The largest absolute Gasteiger partial charge is 0.497 e. The Morgan fingerprint density at radius 1 is 1.26 bits per heavy atom. The molecule has 2 aromatic rings. The standard InChI is InChI=1S/C14H13BrN2OS/c1-18-9-4-2-5-10(8-9)19-12-7-3-6-11(15)13(12)14(16)17/h2-8H,1H3,(H3,16,17). The molecule has 2 rings (SSSR count). The lowest BCUT2D eigenvalue weighted by atomic mass is 10.2. The molecular weight excluding hydrogens is 324 g/mol. The smallest absolute Gasteiger partial charge is 0.125 e. The zero-order chi connectivity index (χ0) is 13.8. The van der Waals surface area contributed by atoms with Crippen LogP contribution in [0, 0.1) is 5.41 Å². The number of amidine groups is 1. The first kappa shape index (κ1) is 14.0. The van der Waals surface area contributed by atoms with Gasteiger partial charge in [0.15, 0.2) is 0 Å². The minimum absolute atomic E-state index is 0.0536.